The number of aryl methyl sites for hydroxylation is 1. The van der Waals surface area contributed by atoms with Gasteiger partial charge in [0.25, 0.3) is 0 Å². The van der Waals surface area contributed by atoms with Gasteiger partial charge in [0, 0.05) is 31.9 Å². The van der Waals surface area contributed by atoms with Gasteiger partial charge < -0.3 is 14.5 Å². The number of hydrogen-bond acceptors (Lipinski definition) is 5. The molecular weight excluding hydrogens is 256 g/mol. The highest BCUT2D eigenvalue weighted by Crippen LogP contribution is 2.22. The third-order valence-corrected chi connectivity index (χ3v) is 3.20. The Bertz CT molecular complexity index is 492. The Balaban J connectivity index is 1.88. The molecule has 0 radical (unpaired) electrons. The molecule has 1 aliphatic heterocycles. The molecule has 0 aliphatic carbocycles. The number of amides is 1. The predicted molar refractivity (Wildman–Crippen MR) is 76.8 cm³/mol. The van der Waals surface area contributed by atoms with Gasteiger partial charge in [-0.15, -0.1) is 0 Å². The van der Waals surface area contributed by atoms with E-state index >= 15 is 0 Å². The monoisotopic (exact) mass is 278 g/mol. The van der Waals surface area contributed by atoms with Crippen LogP contribution in [0.4, 0.5) is 10.6 Å². The van der Waals surface area contributed by atoms with E-state index in [0.29, 0.717) is 0 Å². The number of carbonyl (C=O) groups is 1. The third-order valence-electron chi connectivity index (χ3n) is 3.20. The lowest BCUT2D eigenvalue weighted by Crippen LogP contribution is -2.60. The molecule has 1 aromatic heterocycles. The molecule has 1 aliphatic rings. The molecule has 0 bridgehead atoms. The fourth-order valence-corrected chi connectivity index (χ4v) is 1.98. The van der Waals surface area contributed by atoms with Crippen molar-refractivity contribution >= 4 is 11.9 Å². The maximum Gasteiger partial charge on any atom is 0.410 e. The minimum Gasteiger partial charge on any atom is -0.444 e. The van der Waals surface area contributed by atoms with Crippen molar-refractivity contribution in [2.24, 2.45) is 0 Å². The summed E-state index contributed by atoms with van der Waals surface area (Å²) in [6.45, 7) is 9.09. The van der Waals surface area contributed by atoms with Crippen molar-refractivity contribution in [2.75, 3.05) is 25.0 Å². The number of hydrogen-bond donors (Lipinski definition) is 0. The van der Waals surface area contributed by atoms with Crippen LogP contribution in [0, 0.1) is 6.92 Å². The van der Waals surface area contributed by atoms with E-state index in [4.69, 9.17) is 4.74 Å². The largest absolute Gasteiger partial charge is 0.444 e. The van der Waals surface area contributed by atoms with Crippen LogP contribution >= 0.6 is 0 Å². The first-order valence-corrected chi connectivity index (χ1v) is 6.75. The maximum atomic E-state index is 11.9. The van der Waals surface area contributed by atoms with Gasteiger partial charge in [-0.2, -0.15) is 0 Å². The van der Waals surface area contributed by atoms with Crippen LogP contribution in [-0.2, 0) is 4.74 Å². The highest BCUT2D eigenvalue weighted by molar-refractivity contribution is 5.69. The molecule has 6 heteroatoms. The van der Waals surface area contributed by atoms with Gasteiger partial charge in [-0.1, -0.05) is 0 Å². The molecular formula is C14H22N4O2. The minimum atomic E-state index is -0.460. The Morgan fingerprint density at radius 2 is 2.05 bits per heavy atom. The smallest absolute Gasteiger partial charge is 0.410 e. The van der Waals surface area contributed by atoms with E-state index in [9.17, 15) is 4.79 Å². The van der Waals surface area contributed by atoms with E-state index in [-0.39, 0.29) is 12.1 Å². The van der Waals surface area contributed by atoms with E-state index in [1.165, 1.54) is 0 Å². The number of anilines is 1. The fraction of sp³-hybridized carbons (Fsp3) is 0.643. The summed E-state index contributed by atoms with van der Waals surface area (Å²) in [7, 11) is 1.78. The second-order valence-electron chi connectivity index (χ2n) is 6.17. The Hall–Kier alpha value is -1.85. The van der Waals surface area contributed by atoms with Crippen LogP contribution in [0.5, 0.6) is 0 Å². The lowest BCUT2D eigenvalue weighted by Gasteiger charge is -2.44. The summed E-state index contributed by atoms with van der Waals surface area (Å²) < 4.78 is 5.36. The van der Waals surface area contributed by atoms with Crippen LogP contribution in [-0.4, -0.2) is 52.7 Å². The molecule has 1 aromatic rings. The Morgan fingerprint density at radius 1 is 1.40 bits per heavy atom. The molecule has 1 amide bonds. The Morgan fingerprint density at radius 3 is 2.60 bits per heavy atom. The summed E-state index contributed by atoms with van der Waals surface area (Å²) in [5.41, 5.74) is 0.484. The zero-order valence-corrected chi connectivity index (χ0v) is 12.8. The van der Waals surface area contributed by atoms with E-state index in [1.54, 1.807) is 18.3 Å². The van der Waals surface area contributed by atoms with Gasteiger partial charge in [0.1, 0.15) is 17.7 Å². The summed E-state index contributed by atoms with van der Waals surface area (Å²) in [5, 5.41) is 0. The molecule has 1 fully saturated rings. The minimum absolute atomic E-state index is 0.167. The molecule has 2 rings (SSSR count). The van der Waals surface area contributed by atoms with Crippen molar-refractivity contribution < 1.29 is 9.53 Å². The average Bonchev–Trinajstić information content (AvgIpc) is 2.24. The molecule has 6 nitrogen and oxygen atoms in total. The Kier molecular flexibility index (Phi) is 3.83. The zero-order valence-electron chi connectivity index (χ0n) is 12.8. The van der Waals surface area contributed by atoms with Crippen LogP contribution < -0.4 is 4.90 Å². The van der Waals surface area contributed by atoms with Gasteiger partial charge in [-0.05, 0) is 27.7 Å². The quantitative estimate of drug-likeness (QED) is 0.826. The average molecular weight is 278 g/mol. The lowest BCUT2D eigenvalue weighted by atomic mass is 10.1. The summed E-state index contributed by atoms with van der Waals surface area (Å²) >= 11 is 0. The van der Waals surface area contributed by atoms with Gasteiger partial charge in [0.15, 0.2) is 0 Å². The second-order valence-corrected chi connectivity index (χ2v) is 6.17. The molecule has 20 heavy (non-hydrogen) atoms. The van der Waals surface area contributed by atoms with E-state index in [2.05, 4.69) is 14.9 Å². The summed E-state index contributed by atoms with van der Waals surface area (Å²) in [4.78, 5) is 24.1. The predicted octanol–water partition coefficient (Wildman–Crippen LogP) is 1.84. The number of likely N-dealkylation sites (N-methyl/N-ethyl adjacent to an activating group) is 1. The normalized spacial score (nSPS) is 15.8. The highest BCUT2D eigenvalue weighted by atomic mass is 16.6. The van der Waals surface area contributed by atoms with E-state index < -0.39 is 5.60 Å². The van der Waals surface area contributed by atoms with Crippen LogP contribution in [0.1, 0.15) is 26.5 Å². The summed E-state index contributed by atoms with van der Waals surface area (Å²) in [5.74, 6) is 0.909. The first-order valence-electron chi connectivity index (χ1n) is 6.75. The van der Waals surface area contributed by atoms with Gasteiger partial charge in [-0.3, -0.25) is 0 Å². The van der Waals surface area contributed by atoms with Crippen molar-refractivity contribution in [3.05, 3.63) is 18.1 Å². The molecule has 1 saturated heterocycles. The molecule has 2 heterocycles. The van der Waals surface area contributed by atoms with Crippen molar-refractivity contribution in [3.8, 4) is 0 Å². The molecule has 0 aromatic carbocycles. The van der Waals surface area contributed by atoms with Gasteiger partial charge in [-0.25, -0.2) is 14.8 Å². The van der Waals surface area contributed by atoms with E-state index in [1.807, 2.05) is 33.8 Å². The fourth-order valence-electron chi connectivity index (χ4n) is 1.98. The van der Waals surface area contributed by atoms with Gasteiger partial charge in [0.05, 0.1) is 6.04 Å². The standard InChI is InChI=1S/C14H22N4O2/c1-10-6-12(16-9-15-10)18-7-11(8-18)17(5)13(19)20-14(2,3)4/h6,9,11H,7-8H2,1-5H3. The molecule has 0 spiro atoms. The maximum absolute atomic E-state index is 11.9. The van der Waals surface area contributed by atoms with Crippen LogP contribution in [0.3, 0.4) is 0 Å². The number of nitrogens with zero attached hydrogens (tertiary/aromatic N) is 4. The number of aromatic nitrogens is 2. The van der Waals surface area contributed by atoms with Crippen molar-refractivity contribution in [3.63, 3.8) is 0 Å². The van der Waals surface area contributed by atoms with Crippen LogP contribution in [0.25, 0.3) is 0 Å². The topological polar surface area (TPSA) is 58.6 Å². The second kappa shape index (κ2) is 5.26. The SMILES string of the molecule is Cc1cc(N2CC(N(C)C(=O)OC(C)(C)C)C2)ncn1. The molecule has 0 unspecified atom stereocenters. The van der Waals surface area contributed by atoms with Crippen molar-refractivity contribution in [2.45, 2.75) is 39.3 Å². The molecule has 0 atom stereocenters. The summed E-state index contributed by atoms with van der Waals surface area (Å²) in [6.07, 6.45) is 1.29. The molecule has 110 valence electrons. The summed E-state index contributed by atoms with van der Waals surface area (Å²) in [6, 6.07) is 2.11. The first kappa shape index (κ1) is 14.6. The van der Waals surface area contributed by atoms with E-state index in [0.717, 1.165) is 24.6 Å². The molecule has 0 saturated carbocycles. The number of ether oxygens (including phenoxy) is 1. The lowest BCUT2D eigenvalue weighted by molar-refractivity contribution is 0.0196. The van der Waals surface area contributed by atoms with Crippen LogP contribution in [0.2, 0.25) is 0 Å². The van der Waals surface area contributed by atoms with Crippen LogP contribution in [0.15, 0.2) is 12.4 Å². The van der Waals surface area contributed by atoms with Gasteiger partial charge in [0.2, 0.25) is 0 Å². The molecule has 0 N–H and O–H groups in total. The van der Waals surface area contributed by atoms with Crippen molar-refractivity contribution in [1.29, 1.82) is 0 Å². The number of rotatable bonds is 2. The zero-order chi connectivity index (χ0) is 14.9. The number of carbonyl (C=O) groups excluding carboxylic acids is 1. The highest BCUT2D eigenvalue weighted by Gasteiger charge is 2.35. The Labute approximate surface area is 119 Å². The first-order chi connectivity index (χ1) is 9.26. The van der Waals surface area contributed by atoms with Gasteiger partial charge >= 0.3 is 6.09 Å². The van der Waals surface area contributed by atoms with Crippen molar-refractivity contribution in [1.82, 2.24) is 14.9 Å². The third kappa shape index (κ3) is 3.37.